The fourth-order valence-electron chi connectivity index (χ4n) is 2.03. The van der Waals surface area contributed by atoms with Crippen molar-refractivity contribution in [2.24, 2.45) is 5.73 Å². The van der Waals surface area contributed by atoms with Crippen LogP contribution in [0.1, 0.15) is 11.3 Å². The van der Waals surface area contributed by atoms with Crippen LogP contribution in [0, 0.1) is 0 Å². The number of halogens is 5. The molecule has 0 bridgehead atoms. The number of rotatable bonds is 2. The zero-order valence-corrected chi connectivity index (χ0v) is 12.5. The third kappa shape index (κ3) is 3.03. The molecule has 3 rings (SSSR count). The molecule has 0 aliphatic rings. The predicted molar refractivity (Wildman–Crippen MR) is 78.5 cm³/mol. The van der Waals surface area contributed by atoms with Gasteiger partial charge in [-0.15, -0.1) is 29.9 Å². The first-order valence-corrected chi connectivity index (χ1v) is 5.69. The number of nitrogens with two attached hydrogens (primary N) is 1. The van der Waals surface area contributed by atoms with Gasteiger partial charge in [0, 0.05) is 17.5 Å². The van der Waals surface area contributed by atoms with Crippen molar-refractivity contribution in [3.63, 3.8) is 0 Å². The van der Waals surface area contributed by atoms with Crippen LogP contribution in [0.5, 0.6) is 0 Å². The molecule has 120 valence electrons. The van der Waals surface area contributed by atoms with Crippen molar-refractivity contribution in [1.82, 2.24) is 15.0 Å². The molecule has 0 radical (unpaired) electrons. The average Bonchev–Trinajstić information content (AvgIpc) is 3.04. The first kappa shape index (κ1) is 18.3. The number of benzene rings is 1. The Balaban J connectivity index is 0.00000121. The highest BCUT2D eigenvalue weighted by molar-refractivity contribution is 5.85. The largest absolute Gasteiger partial charge is 0.464 e. The lowest BCUT2D eigenvalue weighted by Gasteiger charge is -2.10. The minimum absolute atomic E-state index is 0. The maximum Gasteiger partial charge on any atom is 0.435 e. The summed E-state index contributed by atoms with van der Waals surface area (Å²) in [5.74, 6) is 0. The summed E-state index contributed by atoms with van der Waals surface area (Å²) in [6, 6.07) is 4.71. The first-order chi connectivity index (χ1) is 9.50. The van der Waals surface area contributed by atoms with E-state index < -0.39 is 11.9 Å². The standard InChI is InChI=1S/C12H9F3N4O.2ClH/c13-12(14,15)10-6-17-18-19(10)9-3-7-1-2-20-11(7)8(4-9)5-16;;/h1-4,6H,5,16H2;2*1H. The lowest BCUT2D eigenvalue weighted by atomic mass is 10.1. The van der Waals surface area contributed by atoms with E-state index in [0.717, 1.165) is 4.68 Å². The van der Waals surface area contributed by atoms with Crippen LogP contribution in [0.3, 0.4) is 0 Å². The smallest absolute Gasteiger partial charge is 0.435 e. The van der Waals surface area contributed by atoms with E-state index in [2.05, 4.69) is 10.3 Å². The van der Waals surface area contributed by atoms with Crippen molar-refractivity contribution in [3.8, 4) is 5.69 Å². The van der Waals surface area contributed by atoms with Crippen LogP contribution in [-0.2, 0) is 12.7 Å². The molecule has 2 aromatic heterocycles. The summed E-state index contributed by atoms with van der Waals surface area (Å²) in [6.45, 7) is 0.147. The quantitative estimate of drug-likeness (QED) is 0.766. The fourth-order valence-corrected chi connectivity index (χ4v) is 2.03. The number of hydrogen-bond donors (Lipinski definition) is 1. The van der Waals surface area contributed by atoms with Gasteiger partial charge in [0.15, 0.2) is 5.69 Å². The van der Waals surface area contributed by atoms with Crippen molar-refractivity contribution in [2.45, 2.75) is 12.7 Å². The minimum atomic E-state index is -4.53. The van der Waals surface area contributed by atoms with E-state index in [4.69, 9.17) is 10.2 Å². The SMILES string of the molecule is Cl.Cl.NCc1cc(-n2nncc2C(F)(F)F)cc2ccoc12. The highest BCUT2D eigenvalue weighted by Crippen LogP contribution is 2.31. The molecule has 10 heteroatoms. The number of hydrogen-bond acceptors (Lipinski definition) is 4. The second-order valence-corrected chi connectivity index (χ2v) is 4.18. The van der Waals surface area contributed by atoms with Gasteiger partial charge in [0.2, 0.25) is 0 Å². The van der Waals surface area contributed by atoms with Crippen molar-refractivity contribution in [1.29, 1.82) is 0 Å². The van der Waals surface area contributed by atoms with Crippen molar-refractivity contribution in [2.75, 3.05) is 0 Å². The number of fused-ring (bicyclic) bond motifs is 1. The average molecular weight is 355 g/mol. The molecule has 2 heterocycles. The Kier molecular flexibility index (Phi) is 5.44. The molecule has 0 aliphatic carbocycles. The second kappa shape index (κ2) is 6.55. The number of nitrogens with zero attached hydrogens (tertiary/aromatic N) is 3. The van der Waals surface area contributed by atoms with E-state index in [1.54, 1.807) is 12.1 Å². The topological polar surface area (TPSA) is 69.9 Å². The molecule has 0 unspecified atom stereocenters. The molecule has 5 nitrogen and oxygen atoms in total. The maximum absolute atomic E-state index is 12.9. The van der Waals surface area contributed by atoms with Crippen LogP contribution in [0.25, 0.3) is 16.7 Å². The third-order valence-corrected chi connectivity index (χ3v) is 2.92. The minimum Gasteiger partial charge on any atom is -0.464 e. The van der Waals surface area contributed by atoms with Gasteiger partial charge in [-0.3, -0.25) is 0 Å². The lowest BCUT2D eigenvalue weighted by molar-refractivity contribution is -0.142. The Bertz CT molecular complexity index is 769. The van der Waals surface area contributed by atoms with E-state index in [-0.39, 0.29) is 37.0 Å². The molecule has 0 fully saturated rings. The summed E-state index contributed by atoms with van der Waals surface area (Å²) in [7, 11) is 0. The zero-order valence-electron chi connectivity index (χ0n) is 10.9. The molecule has 1 aromatic carbocycles. The van der Waals surface area contributed by atoms with Crippen LogP contribution in [-0.4, -0.2) is 15.0 Å². The first-order valence-electron chi connectivity index (χ1n) is 5.69. The highest BCUT2D eigenvalue weighted by Gasteiger charge is 2.36. The Morgan fingerprint density at radius 1 is 1.23 bits per heavy atom. The number of alkyl halides is 3. The molecule has 0 aliphatic heterocycles. The molecular formula is C12H11Cl2F3N4O. The van der Waals surface area contributed by atoms with E-state index in [0.29, 0.717) is 22.7 Å². The van der Waals surface area contributed by atoms with E-state index in [1.807, 2.05) is 0 Å². The van der Waals surface area contributed by atoms with Gasteiger partial charge in [0.25, 0.3) is 0 Å². The molecule has 0 saturated heterocycles. The van der Waals surface area contributed by atoms with Crippen LogP contribution >= 0.6 is 24.8 Å². The zero-order chi connectivity index (χ0) is 14.3. The normalized spacial score (nSPS) is 11.1. The second-order valence-electron chi connectivity index (χ2n) is 4.18. The Hall–Kier alpha value is -1.77. The summed E-state index contributed by atoms with van der Waals surface area (Å²) >= 11 is 0. The summed E-state index contributed by atoms with van der Waals surface area (Å²) < 4.78 is 44.6. The van der Waals surface area contributed by atoms with Gasteiger partial charge in [0.1, 0.15) is 5.58 Å². The summed E-state index contributed by atoms with van der Waals surface area (Å²) in [6.07, 6.45) is -2.39. The summed E-state index contributed by atoms with van der Waals surface area (Å²) in [4.78, 5) is 0. The molecule has 2 N–H and O–H groups in total. The molecule has 0 saturated carbocycles. The van der Waals surface area contributed by atoms with Gasteiger partial charge >= 0.3 is 6.18 Å². The predicted octanol–water partition coefficient (Wildman–Crippen LogP) is 3.33. The van der Waals surface area contributed by atoms with Gasteiger partial charge in [0.05, 0.1) is 18.1 Å². The molecule has 22 heavy (non-hydrogen) atoms. The molecule has 0 amide bonds. The summed E-state index contributed by atoms with van der Waals surface area (Å²) in [5, 5.41) is 7.48. The van der Waals surface area contributed by atoms with Gasteiger partial charge in [-0.05, 0) is 18.2 Å². The van der Waals surface area contributed by atoms with Crippen LogP contribution in [0.15, 0.2) is 35.1 Å². The molecule has 0 spiro atoms. The summed E-state index contributed by atoms with van der Waals surface area (Å²) in [5.41, 5.74) is 6.06. The van der Waals surface area contributed by atoms with E-state index in [1.165, 1.54) is 12.3 Å². The van der Waals surface area contributed by atoms with Gasteiger partial charge in [-0.1, -0.05) is 5.21 Å². The fraction of sp³-hybridized carbons (Fsp3) is 0.167. The molecule has 3 aromatic rings. The van der Waals surface area contributed by atoms with Crippen LogP contribution < -0.4 is 5.73 Å². The van der Waals surface area contributed by atoms with E-state index >= 15 is 0 Å². The van der Waals surface area contributed by atoms with Crippen molar-refractivity contribution < 1.29 is 17.6 Å². The van der Waals surface area contributed by atoms with Crippen molar-refractivity contribution in [3.05, 3.63) is 41.9 Å². The lowest BCUT2D eigenvalue weighted by Crippen LogP contribution is -2.13. The van der Waals surface area contributed by atoms with E-state index in [9.17, 15) is 13.2 Å². The number of furan rings is 1. The van der Waals surface area contributed by atoms with Gasteiger partial charge in [-0.25, -0.2) is 4.68 Å². The van der Waals surface area contributed by atoms with Crippen molar-refractivity contribution >= 4 is 35.8 Å². The Labute approximate surface area is 135 Å². The molecular weight excluding hydrogens is 344 g/mol. The Morgan fingerprint density at radius 2 is 1.95 bits per heavy atom. The van der Waals surface area contributed by atoms with Gasteiger partial charge in [-0.2, -0.15) is 13.2 Å². The maximum atomic E-state index is 12.9. The third-order valence-electron chi connectivity index (χ3n) is 2.92. The van der Waals surface area contributed by atoms with Crippen LogP contribution in [0.4, 0.5) is 13.2 Å². The van der Waals surface area contributed by atoms with Gasteiger partial charge < -0.3 is 10.2 Å². The highest BCUT2D eigenvalue weighted by atomic mass is 35.5. The Morgan fingerprint density at radius 3 is 2.59 bits per heavy atom. The number of aromatic nitrogens is 3. The monoisotopic (exact) mass is 354 g/mol. The molecule has 0 atom stereocenters. The van der Waals surface area contributed by atoms with Crippen LogP contribution in [0.2, 0.25) is 0 Å².